The second-order valence-corrected chi connectivity index (χ2v) is 3.44. The molecule has 2 heteroatoms. The van der Waals surface area contributed by atoms with Gasteiger partial charge in [-0.3, -0.25) is 0 Å². The zero-order valence-corrected chi connectivity index (χ0v) is 10.3. The molecule has 0 aromatic carbocycles. The van der Waals surface area contributed by atoms with Crippen LogP contribution in [0.1, 0.15) is 27.7 Å². The van der Waals surface area contributed by atoms with Crippen molar-refractivity contribution in [3.05, 3.63) is 12.2 Å². The van der Waals surface area contributed by atoms with Crippen LogP contribution >= 0.6 is 0 Å². The molecule has 0 bridgehead atoms. The third-order valence-electron chi connectivity index (χ3n) is 2.68. The van der Waals surface area contributed by atoms with E-state index in [9.17, 15) is 0 Å². The lowest BCUT2D eigenvalue weighted by atomic mass is 10.4. The fraction of sp³-hybridized carbons (Fsp3) is 0.833. The van der Waals surface area contributed by atoms with Crippen molar-refractivity contribution in [3.63, 3.8) is 0 Å². The zero-order chi connectivity index (χ0) is 10.8. The van der Waals surface area contributed by atoms with Gasteiger partial charge in [0.25, 0.3) is 0 Å². The molecule has 0 saturated carbocycles. The first-order valence-corrected chi connectivity index (χ1v) is 5.88. The van der Waals surface area contributed by atoms with Gasteiger partial charge >= 0.3 is 0 Å². The van der Waals surface area contributed by atoms with Gasteiger partial charge in [0.1, 0.15) is 0 Å². The molecule has 0 spiro atoms. The number of nitrogens with zero attached hydrogens (tertiary/aromatic N) is 2. The summed E-state index contributed by atoms with van der Waals surface area (Å²) in [6.07, 6.45) is 4.57. The fourth-order valence-electron chi connectivity index (χ4n) is 1.41. The molecule has 0 aliphatic heterocycles. The van der Waals surface area contributed by atoms with E-state index in [1.807, 2.05) is 0 Å². The van der Waals surface area contributed by atoms with Crippen LogP contribution in [0.25, 0.3) is 0 Å². The molecule has 0 amide bonds. The molecule has 2 nitrogen and oxygen atoms in total. The van der Waals surface area contributed by atoms with Crippen LogP contribution in [-0.2, 0) is 0 Å². The van der Waals surface area contributed by atoms with Crippen LogP contribution < -0.4 is 0 Å². The van der Waals surface area contributed by atoms with E-state index in [-0.39, 0.29) is 0 Å². The Morgan fingerprint density at radius 1 is 0.643 bits per heavy atom. The normalized spacial score (nSPS) is 12.1. The molecule has 0 N–H and O–H groups in total. The Labute approximate surface area is 89.6 Å². The number of rotatable bonds is 8. The maximum absolute atomic E-state index is 2.42. The molecular formula is C12H26N2. The van der Waals surface area contributed by atoms with Crippen LogP contribution in [-0.4, -0.2) is 49.1 Å². The molecule has 0 aliphatic carbocycles. The SMILES string of the molecule is CCN(CC)C/C=C\CN(CC)CC. The number of hydrogen-bond acceptors (Lipinski definition) is 2. The summed E-state index contributed by atoms with van der Waals surface area (Å²) in [5.74, 6) is 0. The van der Waals surface area contributed by atoms with Crippen molar-refractivity contribution in [2.75, 3.05) is 39.3 Å². The summed E-state index contributed by atoms with van der Waals surface area (Å²) in [4.78, 5) is 4.83. The maximum Gasteiger partial charge on any atom is 0.0163 e. The van der Waals surface area contributed by atoms with Gasteiger partial charge in [0.15, 0.2) is 0 Å². The monoisotopic (exact) mass is 198 g/mol. The highest BCUT2D eigenvalue weighted by molar-refractivity contribution is 4.87. The average molecular weight is 198 g/mol. The van der Waals surface area contributed by atoms with Crippen molar-refractivity contribution in [3.8, 4) is 0 Å². The van der Waals surface area contributed by atoms with Crippen molar-refractivity contribution in [1.82, 2.24) is 9.80 Å². The minimum Gasteiger partial charge on any atom is -0.300 e. The summed E-state index contributed by atoms with van der Waals surface area (Å²) in [7, 11) is 0. The molecule has 0 aromatic heterocycles. The number of hydrogen-bond donors (Lipinski definition) is 0. The molecule has 0 aliphatic rings. The molecule has 0 rings (SSSR count). The molecule has 0 fully saturated rings. The van der Waals surface area contributed by atoms with E-state index in [2.05, 4.69) is 49.6 Å². The van der Waals surface area contributed by atoms with Gasteiger partial charge in [-0.2, -0.15) is 0 Å². The molecule has 0 heterocycles. The van der Waals surface area contributed by atoms with Gasteiger partial charge in [0.2, 0.25) is 0 Å². The van der Waals surface area contributed by atoms with E-state index >= 15 is 0 Å². The molecule has 14 heavy (non-hydrogen) atoms. The van der Waals surface area contributed by atoms with Gasteiger partial charge < -0.3 is 9.80 Å². The predicted molar refractivity (Wildman–Crippen MR) is 64.7 cm³/mol. The first-order chi connectivity index (χ1) is 6.78. The second-order valence-electron chi connectivity index (χ2n) is 3.44. The van der Waals surface area contributed by atoms with Gasteiger partial charge in [0, 0.05) is 13.1 Å². The lowest BCUT2D eigenvalue weighted by Crippen LogP contribution is -2.24. The summed E-state index contributed by atoms with van der Waals surface area (Å²) in [6.45, 7) is 15.6. The van der Waals surface area contributed by atoms with Crippen LogP contribution in [0.5, 0.6) is 0 Å². The molecule has 0 unspecified atom stereocenters. The first kappa shape index (κ1) is 13.7. The summed E-state index contributed by atoms with van der Waals surface area (Å²) >= 11 is 0. The van der Waals surface area contributed by atoms with E-state index in [0.29, 0.717) is 0 Å². The van der Waals surface area contributed by atoms with E-state index in [0.717, 1.165) is 39.3 Å². The zero-order valence-electron chi connectivity index (χ0n) is 10.3. The third kappa shape index (κ3) is 6.17. The smallest absolute Gasteiger partial charge is 0.0163 e. The van der Waals surface area contributed by atoms with Crippen molar-refractivity contribution < 1.29 is 0 Å². The van der Waals surface area contributed by atoms with E-state index in [1.165, 1.54) is 0 Å². The van der Waals surface area contributed by atoms with Crippen LogP contribution in [0.2, 0.25) is 0 Å². The quantitative estimate of drug-likeness (QED) is 0.552. The summed E-state index contributed by atoms with van der Waals surface area (Å²) in [6, 6.07) is 0. The molecule has 0 atom stereocenters. The molecule has 84 valence electrons. The molecule has 0 aromatic rings. The number of likely N-dealkylation sites (N-methyl/N-ethyl adjacent to an activating group) is 2. The third-order valence-corrected chi connectivity index (χ3v) is 2.68. The topological polar surface area (TPSA) is 6.48 Å². The Hall–Kier alpha value is -0.340. The Kier molecular flexibility index (Phi) is 9.00. The van der Waals surface area contributed by atoms with Crippen molar-refractivity contribution in [2.45, 2.75) is 27.7 Å². The minimum atomic E-state index is 1.09. The Morgan fingerprint density at radius 3 is 1.14 bits per heavy atom. The Balaban J connectivity index is 3.61. The van der Waals surface area contributed by atoms with Crippen LogP contribution in [0.3, 0.4) is 0 Å². The van der Waals surface area contributed by atoms with Gasteiger partial charge in [-0.25, -0.2) is 0 Å². The highest BCUT2D eigenvalue weighted by Crippen LogP contribution is 1.90. The van der Waals surface area contributed by atoms with Crippen molar-refractivity contribution in [2.24, 2.45) is 0 Å². The van der Waals surface area contributed by atoms with Gasteiger partial charge in [-0.05, 0) is 26.2 Å². The van der Waals surface area contributed by atoms with Gasteiger partial charge in [-0.15, -0.1) is 0 Å². The van der Waals surface area contributed by atoms with Gasteiger partial charge in [0.05, 0.1) is 0 Å². The molecule has 0 saturated heterocycles. The minimum absolute atomic E-state index is 1.09. The van der Waals surface area contributed by atoms with Crippen LogP contribution in [0, 0.1) is 0 Å². The first-order valence-electron chi connectivity index (χ1n) is 5.88. The largest absolute Gasteiger partial charge is 0.300 e. The second kappa shape index (κ2) is 9.22. The highest BCUT2D eigenvalue weighted by Gasteiger charge is 1.95. The molecule has 0 radical (unpaired) electrons. The standard InChI is InChI=1S/C12H26N2/c1-5-13(6-2)11-9-10-12-14(7-3)8-4/h9-10H,5-8,11-12H2,1-4H3/b10-9-. The summed E-state index contributed by atoms with van der Waals surface area (Å²) in [5.41, 5.74) is 0. The molecular weight excluding hydrogens is 172 g/mol. The Bertz CT molecular complexity index is 119. The van der Waals surface area contributed by atoms with Crippen LogP contribution in [0.15, 0.2) is 12.2 Å². The average Bonchev–Trinajstić information content (AvgIpc) is 2.24. The highest BCUT2D eigenvalue weighted by atomic mass is 15.1. The van der Waals surface area contributed by atoms with E-state index in [4.69, 9.17) is 0 Å². The summed E-state index contributed by atoms with van der Waals surface area (Å²) in [5, 5.41) is 0. The fourth-order valence-corrected chi connectivity index (χ4v) is 1.41. The lowest BCUT2D eigenvalue weighted by molar-refractivity contribution is 0.328. The Morgan fingerprint density at radius 2 is 0.929 bits per heavy atom. The predicted octanol–water partition coefficient (Wildman–Crippen LogP) is 2.23. The maximum atomic E-state index is 2.42. The van der Waals surface area contributed by atoms with Crippen molar-refractivity contribution >= 4 is 0 Å². The summed E-state index contributed by atoms with van der Waals surface area (Å²) < 4.78 is 0. The lowest BCUT2D eigenvalue weighted by Gasteiger charge is -2.17. The van der Waals surface area contributed by atoms with E-state index < -0.39 is 0 Å². The van der Waals surface area contributed by atoms with Gasteiger partial charge in [-0.1, -0.05) is 39.8 Å². The van der Waals surface area contributed by atoms with E-state index in [1.54, 1.807) is 0 Å². The van der Waals surface area contributed by atoms with Crippen LogP contribution in [0.4, 0.5) is 0 Å². The van der Waals surface area contributed by atoms with Crippen molar-refractivity contribution in [1.29, 1.82) is 0 Å².